The monoisotopic (exact) mass is 399 g/mol. The molecule has 3 aromatic rings. The van der Waals surface area contributed by atoms with Crippen LogP contribution in [0.15, 0.2) is 36.5 Å². The standard InChI is InChI=1S/C19H18ClN5OS/c1-2-21-19-25-15(16(27-19)14-8-9-22-18(20)24-14)12-4-3-5-13(10-12)23-17(26)11-6-7-11/h3-5,8-11H,2,6-7H2,1H3,(H,21,25)(H,23,26). The Morgan fingerprint density at radius 1 is 1.30 bits per heavy atom. The van der Waals surface area contributed by atoms with E-state index in [0.29, 0.717) is 0 Å². The largest absolute Gasteiger partial charge is 0.362 e. The number of carbonyl (C=O) groups is 1. The van der Waals surface area contributed by atoms with E-state index in [1.807, 2.05) is 37.3 Å². The minimum Gasteiger partial charge on any atom is -0.362 e. The van der Waals surface area contributed by atoms with Crippen LogP contribution in [-0.4, -0.2) is 27.4 Å². The van der Waals surface area contributed by atoms with Crippen LogP contribution < -0.4 is 10.6 Å². The molecule has 1 aliphatic rings. The number of thiazole rings is 1. The molecule has 1 saturated carbocycles. The number of anilines is 2. The van der Waals surface area contributed by atoms with Gasteiger partial charge in [-0.2, -0.15) is 0 Å². The van der Waals surface area contributed by atoms with E-state index in [1.165, 1.54) is 11.3 Å². The summed E-state index contributed by atoms with van der Waals surface area (Å²) in [4.78, 5) is 26.0. The van der Waals surface area contributed by atoms with Crippen LogP contribution in [-0.2, 0) is 4.79 Å². The quantitative estimate of drug-likeness (QED) is 0.587. The molecule has 0 unspecified atom stereocenters. The molecule has 27 heavy (non-hydrogen) atoms. The van der Waals surface area contributed by atoms with Crippen LogP contribution in [0.1, 0.15) is 19.8 Å². The molecule has 6 nitrogen and oxygen atoms in total. The summed E-state index contributed by atoms with van der Waals surface area (Å²) in [5, 5.41) is 7.25. The van der Waals surface area contributed by atoms with Gasteiger partial charge in [-0.25, -0.2) is 15.0 Å². The molecule has 0 atom stereocenters. The third-order valence-electron chi connectivity index (χ3n) is 4.17. The molecule has 1 fully saturated rings. The lowest BCUT2D eigenvalue weighted by Crippen LogP contribution is -2.13. The van der Waals surface area contributed by atoms with Gasteiger partial charge >= 0.3 is 0 Å². The second-order valence-corrected chi connectivity index (χ2v) is 7.62. The zero-order valence-corrected chi connectivity index (χ0v) is 16.3. The van der Waals surface area contributed by atoms with E-state index in [1.54, 1.807) is 6.20 Å². The molecule has 138 valence electrons. The fourth-order valence-electron chi connectivity index (χ4n) is 2.71. The maximum absolute atomic E-state index is 12.1. The first kappa shape index (κ1) is 17.9. The first-order valence-corrected chi connectivity index (χ1v) is 9.98. The van der Waals surface area contributed by atoms with E-state index in [4.69, 9.17) is 16.6 Å². The first-order valence-electron chi connectivity index (χ1n) is 8.79. The van der Waals surface area contributed by atoms with Gasteiger partial charge in [-0.3, -0.25) is 4.79 Å². The summed E-state index contributed by atoms with van der Waals surface area (Å²) in [6.45, 7) is 2.80. The topological polar surface area (TPSA) is 79.8 Å². The zero-order valence-electron chi connectivity index (χ0n) is 14.7. The van der Waals surface area contributed by atoms with Gasteiger partial charge in [-0.15, -0.1) is 0 Å². The Balaban J connectivity index is 1.72. The molecule has 0 saturated heterocycles. The molecule has 0 bridgehead atoms. The molecule has 0 radical (unpaired) electrons. The van der Waals surface area contributed by atoms with Gasteiger partial charge < -0.3 is 10.6 Å². The van der Waals surface area contributed by atoms with E-state index in [-0.39, 0.29) is 17.1 Å². The van der Waals surface area contributed by atoms with Crippen molar-refractivity contribution in [3.05, 3.63) is 41.8 Å². The van der Waals surface area contributed by atoms with Crippen LogP contribution in [0, 0.1) is 5.92 Å². The lowest BCUT2D eigenvalue weighted by atomic mass is 10.1. The maximum Gasteiger partial charge on any atom is 0.227 e. The summed E-state index contributed by atoms with van der Waals surface area (Å²) in [6.07, 6.45) is 3.58. The van der Waals surface area contributed by atoms with Crippen molar-refractivity contribution in [3.8, 4) is 21.8 Å². The van der Waals surface area contributed by atoms with Crippen molar-refractivity contribution in [3.63, 3.8) is 0 Å². The van der Waals surface area contributed by atoms with Gasteiger partial charge in [0.1, 0.15) is 0 Å². The Morgan fingerprint density at radius 2 is 2.15 bits per heavy atom. The van der Waals surface area contributed by atoms with E-state index < -0.39 is 0 Å². The van der Waals surface area contributed by atoms with Crippen molar-refractivity contribution in [2.24, 2.45) is 5.92 Å². The van der Waals surface area contributed by atoms with E-state index in [9.17, 15) is 4.79 Å². The summed E-state index contributed by atoms with van der Waals surface area (Å²) in [6, 6.07) is 9.54. The van der Waals surface area contributed by atoms with Crippen molar-refractivity contribution >= 4 is 39.7 Å². The van der Waals surface area contributed by atoms with Crippen molar-refractivity contribution < 1.29 is 4.79 Å². The normalized spacial score (nSPS) is 13.4. The number of amides is 1. The molecular formula is C19H18ClN5OS. The third-order valence-corrected chi connectivity index (χ3v) is 5.38. The molecule has 1 aromatic carbocycles. The average molecular weight is 400 g/mol. The van der Waals surface area contributed by atoms with Crippen molar-refractivity contribution in [2.45, 2.75) is 19.8 Å². The number of nitrogens with one attached hydrogen (secondary N) is 2. The highest BCUT2D eigenvalue weighted by Gasteiger charge is 2.29. The van der Waals surface area contributed by atoms with Crippen LogP contribution in [0.4, 0.5) is 10.8 Å². The smallest absolute Gasteiger partial charge is 0.227 e. The van der Waals surface area contributed by atoms with Gasteiger partial charge in [-0.1, -0.05) is 23.5 Å². The van der Waals surface area contributed by atoms with Crippen molar-refractivity contribution in [1.82, 2.24) is 15.0 Å². The van der Waals surface area contributed by atoms with Crippen LogP contribution in [0.25, 0.3) is 21.8 Å². The molecular weight excluding hydrogens is 382 g/mol. The summed E-state index contributed by atoms with van der Waals surface area (Å²) in [7, 11) is 0. The highest BCUT2D eigenvalue weighted by atomic mass is 35.5. The molecule has 4 rings (SSSR count). The van der Waals surface area contributed by atoms with Gasteiger partial charge in [-0.05, 0) is 49.6 Å². The lowest BCUT2D eigenvalue weighted by Gasteiger charge is -2.07. The summed E-state index contributed by atoms with van der Waals surface area (Å²) in [5.74, 6) is 0.244. The Kier molecular flexibility index (Phi) is 5.05. The van der Waals surface area contributed by atoms with E-state index in [0.717, 1.165) is 52.0 Å². The first-order chi connectivity index (χ1) is 13.1. The van der Waals surface area contributed by atoms with Crippen LogP contribution in [0.3, 0.4) is 0 Å². The molecule has 2 N–H and O–H groups in total. The number of carbonyl (C=O) groups excluding carboxylic acids is 1. The Bertz CT molecular complexity index is 986. The van der Waals surface area contributed by atoms with Gasteiger partial charge in [0.2, 0.25) is 11.2 Å². The highest BCUT2D eigenvalue weighted by molar-refractivity contribution is 7.19. The van der Waals surface area contributed by atoms with Crippen molar-refractivity contribution in [2.75, 3.05) is 17.2 Å². The fourth-order valence-corrected chi connectivity index (χ4v) is 3.88. The number of hydrogen-bond acceptors (Lipinski definition) is 6. The van der Waals surface area contributed by atoms with Crippen LogP contribution in [0.5, 0.6) is 0 Å². The molecule has 8 heteroatoms. The van der Waals surface area contributed by atoms with Crippen LogP contribution >= 0.6 is 22.9 Å². The average Bonchev–Trinajstić information content (AvgIpc) is 3.43. The molecule has 1 aliphatic carbocycles. The number of aromatic nitrogens is 3. The molecule has 2 heterocycles. The number of nitrogens with zero attached hydrogens (tertiary/aromatic N) is 3. The second kappa shape index (κ2) is 7.62. The fraction of sp³-hybridized carbons (Fsp3) is 0.263. The van der Waals surface area contributed by atoms with Gasteiger partial charge in [0.05, 0.1) is 16.3 Å². The van der Waals surface area contributed by atoms with Crippen LogP contribution in [0.2, 0.25) is 5.28 Å². The maximum atomic E-state index is 12.1. The minimum atomic E-state index is 0.0848. The van der Waals surface area contributed by atoms with Crippen molar-refractivity contribution in [1.29, 1.82) is 0 Å². The highest BCUT2D eigenvalue weighted by Crippen LogP contribution is 2.39. The lowest BCUT2D eigenvalue weighted by molar-refractivity contribution is -0.117. The zero-order chi connectivity index (χ0) is 18.8. The van der Waals surface area contributed by atoms with Gasteiger partial charge in [0.25, 0.3) is 0 Å². The Labute approximate surface area is 166 Å². The molecule has 0 spiro atoms. The summed E-state index contributed by atoms with van der Waals surface area (Å²) in [5.41, 5.74) is 3.20. The Hall–Kier alpha value is -2.51. The molecule has 0 aliphatic heterocycles. The Morgan fingerprint density at radius 3 is 2.89 bits per heavy atom. The summed E-state index contributed by atoms with van der Waals surface area (Å²) < 4.78 is 0. The number of benzene rings is 1. The molecule has 1 amide bonds. The predicted molar refractivity (Wildman–Crippen MR) is 109 cm³/mol. The SMILES string of the molecule is CCNc1nc(-c2cccc(NC(=O)C3CC3)c2)c(-c2ccnc(Cl)n2)s1. The minimum absolute atomic E-state index is 0.0848. The number of rotatable bonds is 6. The third kappa shape index (κ3) is 4.09. The number of halogens is 1. The van der Waals surface area contributed by atoms with E-state index >= 15 is 0 Å². The molecule has 2 aromatic heterocycles. The summed E-state index contributed by atoms with van der Waals surface area (Å²) >= 11 is 7.49. The van der Waals surface area contributed by atoms with E-state index in [2.05, 4.69) is 20.6 Å². The number of hydrogen-bond donors (Lipinski definition) is 2. The second-order valence-electron chi connectivity index (χ2n) is 6.28. The van der Waals surface area contributed by atoms with Gasteiger partial charge in [0.15, 0.2) is 5.13 Å². The van der Waals surface area contributed by atoms with Gasteiger partial charge in [0, 0.05) is 29.9 Å². The predicted octanol–water partition coefficient (Wildman–Crippen LogP) is 4.70.